The van der Waals surface area contributed by atoms with Gasteiger partial charge in [0.25, 0.3) is 0 Å². The molecular formula is C25H30N4O2S. The number of carbonyl (C=O) groups excluding carboxylic acids is 2. The summed E-state index contributed by atoms with van der Waals surface area (Å²) in [5.74, 6) is -0.0866. The summed E-state index contributed by atoms with van der Waals surface area (Å²) >= 11 is 5.24. The Morgan fingerprint density at radius 2 is 1.56 bits per heavy atom. The fourth-order valence-corrected chi connectivity index (χ4v) is 3.67. The number of hydrogen-bond donors (Lipinski definition) is 2. The molecule has 0 radical (unpaired) electrons. The third-order valence-electron chi connectivity index (χ3n) is 5.16. The number of hydrogen-bond acceptors (Lipinski definition) is 4. The van der Waals surface area contributed by atoms with Crippen molar-refractivity contribution in [3.05, 3.63) is 66.2 Å². The molecule has 0 aliphatic carbocycles. The summed E-state index contributed by atoms with van der Waals surface area (Å²) in [6.07, 6.45) is 3.19. The number of anilines is 2. The Morgan fingerprint density at radius 3 is 2.16 bits per heavy atom. The molecule has 2 amide bonds. The molecule has 1 fully saturated rings. The molecule has 6 nitrogen and oxygen atoms in total. The molecule has 2 N–H and O–H groups in total. The molecule has 1 aliphatic heterocycles. The fraction of sp³-hybridized carbons (Fsp3) is 0.320. The highest BCUT2D eigenvalue weighted by Crippen LogP contribution is 2.22. The van der Waals surface area contributed by atoms with Gasteiger partial charge in [0.1, 0.15) is 0 Å². The Balaban J connectivity index is 1.47. The predicted octanol–water partition coefficient (Wildman–Crippen LogP) is 3.91. The van der Waals surface area contributed by atoms with Crippen molar-refractivity contribution in [2.75, 3.05) is 36.4 Å². The maximum atomic E-state index is 12.5. The number of nitrogens with one attached hydrogen (secondary N) is 2. The molecule has 0 bridgehead atoms. The molecule has 1 heterocycles. The number of amides is 2. The summed E-state index contributed by atoms with van der Waals surface area (Å²) < 4.78 is 0. The maximum Gasteiger partial charge on any atom is 0.250 e. The lowest BCUT2D eigenvalue weighted by molar-refractivity contribution is -0.139. The zero-order chi connectivity index (χ0) is 23.1. The topological polar surface area (TPSA) is 64.7 Å². The summed E-state index contributed by atoms with van der Waals surface area (Å²) in [7, 11) is 0. The minimum absolute atomic E-state index is 0.200. The third kappa shape index (κ3) is 6.65. The van der Waals surface area contributed by atoms with Crippen LogP contribution in [0.15, 0.2) is 60.7 Å². The predicted molar refractivity (Wildman–Crippen MR) is 135 cm³/mol. The van der Waals surface area contributed by atoms with Crippen molar-refractivity contribution >= 4 is 46.6 Å². The first kappa shape index (κ1) is 23.5. The van der Waals surface area contributed by atoms with E-state index in [2.05, 4.69) is 15.5 Å². The molecule has 32 heavy (non-hydrogen) atoms. The molecule has 0 saturated carbocycles. The second-order valence-electron chi connectivity index (χ2n) is 8.76. The van der Waals surface area contributed by atoms with Crippen LogP contribution in [0.1, 0.15) is 26.3 Å². The SMILES string of the molecule is CC(C)(C)C(=O)N1CCN(c2ccc(NC(=S)NC(=O)/C=C/c3ccccc3)cc2)CC1. The van der Waals surface area contributed by atoms with Crippen LogP contribution in [-0.2, 0) is 9.59 Å². The van der Waals surface area contributed by atoms with Crippen molar-refractivity contribution in [3.8, 4) is 0 Å². The monoisotopic (exact) mass is 450 g/mol. The molecule has 1 aliphatic rings. The Labute approximate surface area is 195 Å². The lowest BCUT2D eigenvalue weighted by Gasteiger charge is -2.38. The van der Waals surface area contributed by atoms with E-state index in [1.54, 1.807) is 6.08 Å². The Bertz CT molecular complexity index is 973. The quantitative estimate of drug-likeness (QED) is 0.546. The van der Waals surface area contributed by atoms with E-state index in [1.807, 2.05) is 80.3 Å². The van der Waals surface area contributed by atoms with E-state index in [1.165, 1.54) is 6.08 Å². The van der Waals surface area contributed by atoms with Gasteiger partial charge in [-0.1, -0.05) is 51.1 Å². The summed E-state index contributed by atoms with van der Waals surface area (Å²) in [4.78, 5) is 28.7. The van der Waals surface area contributed by atoms with E-state index in [9.17, 15) is 9.59 Å². The normalized spacial score (nSPS) is 14.3. The van der Waals surface area contributed by atoms with Gasteiger partial charge in [-0.2, -0.15) is 0 Å². The number of rotatable bonds is 4. The maximum absolute atomic E-state index is 12.5. The first-order chi connectivity index (χ1) is 15.2. The first-order valence-electron chi connectivity index (χ1n) is 10.7. The number of nitrogens with zero attached hydrogens (tertiary/aromatic N) is 2. The zero-order valence-corrected chi connectivity index (χ0v) is 19.6. The Morgan fingerprint density at radius 1 is 0.938 bits per heavy atom. The van der Waals surface area contributed by atoms with E-state index in [0.717, 1.165) is 43.1 Å². The van der Waals surface area contributed by atoms with Gasteiger partial charge in [0.2, 0.25) is 11.8 Å². The minimum atomic E-state index is -0.347. The highest BCUT2D eigenvalue weighted by molar-refractivity contribution is 7.80. The molecular weight excluding hydrogens is 420 g/mol. The van der Waals surface area contributed by atoms with Crippen molar-refractivity contribution in [1.82, 2.24) is 10.2 Å². The largest absolute Gasteiger partial charge is 0.368 e. The van der Waals surface area contributed by atoms with Gasteiger partial charge in [-0.15, -0.1) is 0 Å². The van der Waals surface area contributed by atoms with Crippen LogP contribution in [-0.4, -0.2) is 48.0 Å². The fourth-order valence-electron chi connectivity index (χ4n) is 3.45. The number of piperazine rings is 1. The Hall–Kier alpha value is -3.19. The van der Waals surface area contributed by atoms with Crippen molar-refractivity contribution in [1.29, 1.82) is 0 Å². The van der Waals surface area contributed by atoms with Crippen molar-refractivity contribution in [2.24, 2.45) is 5.41 Å². The van der Waals surface area contributed by atoms with Crippen molar-refractivity contribution in [2.45, 2.75) is 20.8 Å². The molecule has 0 aromatic heterocycles. The molecule has 2 aromatic carbocycles. The van der Waals surface area contributed by atoms with Crippen LogP contribution in [0.2, 0.25) is 0 Å². The lowest BCUT2D eigenvalue weighted by atomic mass is 9.94. The van der Waals surface area contributed by atoms with E-state index in [0.29, 0.717) is 0 Å². The molecule has 0 spiro atoms. The first-order valence-corrected chi connectivity index (χ1v) is 11.1. The van der Waals surface area contributed by atoms with Crippen LogP contribution in [0.3, 0.4) is 0 Å². The smallest absolute Gasteiger partial charge is 0.250 e. The van der Waals surface area contributed by atoms with Crippen LogP contribution < -0.4 is 15.5 Å². The van der Waals surface area contributed by atoms with E-state index >= 15 is 0 Å². The molecule has 168 valence electrons. The Kier molecular flexibility index (Phi) is 7.64. The molecule has 3 rings (SSSR count). The standard InChI is InChI=1S/C25H30N4O2S/c1-25(2,3)23(31)29-17-15-28(16-18-29)21-12-10-20(11-13-21)26-24(32)27-22(30)14-9-19-7-5-4-6-8-19/h4-14H,15-18H2,1-3H3,(H2,26,27,30,32)/b14-9+. The zero-order valence-electron chi connectivity index (χ0n) is 18.8. The molecule has 0 unspecified atom stereocenters. The molecule has 1 saturated heterocycles. The van der Waals surface area contributed by atoms with Gasteiger partial charge in [-0.25, -0.2) is 0 Å². The second kappa shape index (κ2) is 10.4. The summed E-state index contributed by atoms with van der Waals surface area (Å²) in [5, 5.41) is 5.93. The summed E-state index contributed by atoms with van der Waals surface area (Å²) in [6, 6.07) is 17.5. The van der Waals surface area contributed by atoms with Crippen LogP contribution in [0.25, 0.3) is 6.08 Å². The minimum Gasteiger partial charge on any atom is -0.368 e. The van der Waals surface area contributed by atoms with Crippen molar-refractivity contribution < 1.29 is 9.59 Å². The van der Waals surface area contributed by atoms with Gasteiger partial charge in [0.15, 0.2) is 5.11 Å². The van der Waals surface area contributed by atoms with Crippen LogP contribution in [0.4, 0.5) is 11.4 Å². The van der Waals surface area contributed by atoms with E-state index < -0.39 is 0 Å². The van der Waals surface area contributed by atoms with Crippen molar-refractivity contribution in [3.63, 3.8) is 0 Å². The average molecular weight is 451 g/mol. The number of carbonyl (C=O) groups is 2. The van der Waals surface area contributed by atoms with Crippen LogP contribution in [0, 0.1) is 5.41 Å². The number of thiocarbonyl (C=S) groups is 1. The lowest BCUT2D eigenvalue weighted by Crippen LogP contribution is -2.51. The highest BCUT2D eigenvalue weighted by atomic mass is 32.1. The van der Waals surface area contributed by atoms with E-state index in [-0.39, 0.29) is 22.3 Å². The molecule has 0 atom stereocenters. The third-order valence-corrected chi connectivity index (χ3v) is 5.37. The summed E-state index contributed by atoms with van der Waals surface area (Å²) in [6.45, 7) is 8.93. The van der Waals surface area contributed by atoms with Crippen LogP contribution >= 0.6 is 12.2 Å². The van der Waals surface area contributed by atoms with E-state index in [4.69, 9.17) is 12.2 Å². The average Bonchev–Trinajstić information content (AvgIpc) is 2.78. The van der Waals surface area contributed by atoms with Gasteiger partial charge in [-0.05, 0) is 48.1 Å². The van der Waals surface area contributed by atoms with Gasteiger partial charge in [-0.3, -0.25) is 14.9 Å². The van der Waals surface area contributed by atoms with Gasteiger partial charge in [0, 0.05) is 49.0 Å². The molecule has 2 aromatic rings. The highest BCUT2D eigenvalue weighted by Gasteiger charge is 2.29. The van der Waals surface area contributed by atoms with Gasteiger partial charge >= 0.3 is 0 Å². The summed E-state index contributed by atoms with van der Waals surface area (Å²) in [5.41, 5.74) is 2.49. The van der Waals surface area contributed by atoms with Gasteiger partial charge < -0.3 is 15.1 Å². The van der Waals surface area contributed by atoms with Crippen LogP contribution in [0.5, 0.6) is 0 Å². The second-order valence-corrected chi connectivity index (χ2v) is 9.17. The van der Waals surface area contributed by atoms with Gasteiger partial charge in [0.05, 0.1) is 0 Å². The number of benzene rings is 2. The molecule has 7 heteroatoms.